The van der Waals surface area contributed by atoms with Gasteiger partial charge < -0.3 is 19.7 Å². The predicted molar refractivity (Wildman–Crippen MR) is 116 cm³/mol. The molecule has 3 rings (SSSR count). The van der Waals surface area contributed by atoms with Crippen molar-refractivity contribution >= 4 is 40.9 Å². The van der Waals surface area contributed by atoms with Crippen molar-refractivity contribution in [3.63, 3.8) is 0 Å². The molecule has 0 aromatic heterocycles. The molecule has 154 valence electrons. The second-order valence-electron chi connectivity index (χ2n) is 6.44. The van der Waals surface area contributed by atoms with Crippen molar-refractivity contribution in [1.29, 1.82) is 0 Å². The zero-order valence-corrected chi connectivity index (χ0v) is 17.7. The molecule has 2 amide bonds. The summed E-state index contributed by atoms with van der Waals surface area (Å²) in [7, 11) is 0. The highest BCUT2D eigenvalue weighted by Crippen LogP contribution is 2.32. The molecular formula is C21H23ClN2O4S. The third kappa shape index (κ3) is 6.30. The van der Waals surface area contributed by atoms with Crippen molar-refractivity contribution in [2.75, 3.05) is 37.4 Å². The lowest BCUT2D eigenvalue weighted by atomic mass is 10.2. The van der Waals surface area contributed by atoms with Crippen LogP contribution in [0.2, 0.25) is 5.02 Å². The number of anilines is 1. The fourth-order valence-electron chi connectivity index (χ4n) is 2.85. The molecule has 0 saturated carbocycles. The number of fused-ring (bicyclic) bond motifs is 1. The Balaban J connectivity index is 1.48. The largest absolute Gasteiger partial charge is 0.486 e. The van der Waals surface area contributed by atoms with Crippen LogP contribution in [0, 0.1) is 0 Å². The number of ether oxygens (including phenoxy) is 2. The molecule has 1 N–H and O–H groups in total. The van der Waals surface area contributed by atoms with Crippen LogP contribution in [0.5, 0.6) is 11.5 Å². The summed E-state index contributed by atoms with van der Waals surface area (Å²) in [6.45, 7) is 3.32. The molecule has 0 unspecified atom stereocenters. The Kier molecular flexibility index (Phi) is 7.66. The van der Waals surface area contributed by atoms with Gasteiger partial charge >= 0.3 is 0 Å². The monoisotopic (exact) mass is 434 g/mol. The van der Waals surface area contributed by atoms with Crippen LogP contribution < -0.4 is 14.8 Å². The lowest BCUT2D eigenvalue weighted by molar-refractivity contribution is -0.132. The molecule has 0 saturated heterocycles. The van der Waals surface area contributed by atoms with Crippen molar-refractivity contribution in [2.24, 2.45) is 0 Å². The minimum absolute atomic E-state index is 0.00149. The van der Waals surface area contributed by atoms with Gasteiger partial charge in [-0.05, 0) is 36.8 Å². The second kappa shape index (κ2) is 10.4. The minimum Gasteiger partial charge on any atom is -0.486 e. The van der Waals surface area contributed by atoms with Crippen LogP contribution in [-0.2, 0) is 15.3 Å². The smallest absolute Gasteiger partial charge is 0.243 e. The predicted octanol–water partition coefficient (Wildman–Crippen LogP) is 3.83. The minimum atomic E-state index is -0.253. The SMILES string of the molecule is CCN(CC(=O)Nc1ccc2c(c1)OCCO2)C(=O)CSCc1cccc(Cl)c1. The number of amides is 2. The zero-order valence-electron chi connectivity index (χ0n) is 16.2. The lowest BCUT2D eigenvalue weighted by Gasteiger charge is -2.21. The molecule has 1 heterocycles. The van der Waals surface area contributed by atoms with Gasteiger partial charge in [-0.3, -0.25) is 9.59 Å². The van der Waals surface area contributed by atoms with Gasteiger partial charge in [0.05, 0.1) is 12.3 Å². The summed E-state index contributed by atoms with van der Waals surface area (Å²) in [6.07, 6.45) is 0. The van der Waals surface area contributed by atoms with E-state index in [1.807, 2.05) is 31.2 Å². The van der Waals surface area contributed by atoms with Gasteiger partial charge in [0.1, 0.15) is 13.2 Å². The molecule has 29 heavy (non-hydrogen) atoms. The number of halogens is 1. The normalized spacial score (nSPS) is 12.3. The summed E-state index contributed by atoms with van der Waals surface area (Å²) in [5.74, 6) is 1.94. The van der Waals surface area contributed by atoms with E-state index in [1.165, 1.54) is 11.8 Å². The maximum Gasteiger partial charge on any atom is 0.243 e. The fourth-order valence-corrected chi connectivity index (χ4v) is 3.93. The standard InChI is InChI=1S/C21H23ClN2O4S/c1-2-24(21(26)14-29-13-15-4-3-5-16(22)10-15)12-20(25)23-17-6-7-18-19(11-17)28-9-8-27-18/h3-7,10-11H,2,8-9,12-14H2,1H3,(H,23,25). The Hall–Kier alpha value is -2.38. The van der Waals surface area contributed by atoms with E-state index < -0.39 is 0 Å². The van der Waals surface area contributed by atoms with Gasteiger partial charge in [0.25, 0.3) is 0 Å². The van der Waals surface area contributed by atoms with Gasteiger partial charge in [0, 0.05) is 29.1 Å². The van der Waals surface area contributed by atoms with Gasteiger partial charge in [-0.1, -0.05) is 23.7 Å². The highest BCUT2D eigenvalue weighted by molar-refractivity contribution is 7.99. The first kappa shape index (κ1) is 21.3. The van der Waals surface area contributed by atoms with Crippen LogP contribution in [0.25, 0.3) is 0 Å². The van der Waals surface area contributed by atoms with E-state index in [2.05, 4.69) is 5.32 Å². The molecule has 8 heteroatoms. The van der Waals surface area contributed by atoms with Crippen LogP contribution in [0.4, 0.5) is 5.69 Å². The Morgan fingerprint density at radius 1 is 1.14 bits per heavy atom. The molecular weight excluding hydrogens is 412 g/mol. The van der Waals surface area contributed by atoms with Gasteiger partial charge in [-0.25, -0.2) is 0 Å². The number of rotatable bonds is 8. The molecule has 1 aliphatic rings. The first-order valence-electron chi connectivity index (χ1n) is 9.34. The first-order chi connectivity index (χ1) is 14.0. The van der Waals surface area contributed by atoms with E-state index >= 15 is 0 Å². The van der Waals surface area contributed by atoms with Crippen LogP contribution in [-0.4, -0.2) is 48.8 Å². The molecule has 0 aliphatic carbocycles. The third-order valence-corrected chi connectivity index (χ3v) is 5.50. The zero-order chi connectivity index (χ0) is 20.6. The third-order valence-electron chi connectivity index (χ3n) is 4.28. The highest BCUT2D eigenvalue weighted by atomic mass is 35.5. The number of hydrogen-bond donors (Lipinski definition) is 1. The quantitative estimate of drug-likeness (QED) is 0.683. The number of hydrogen-bond acceptors (Lipinski definition) is 5. The van der Waals surface area contributed by atoms with Gasteiger partial charge in [0.2, 0.25) is 11.8 Å². The lowest BCUT2D eigenvalue weighted by Crippen LogP contribution is -2.38. The van der Waals surface area contributed by atoms with Crippen molar-refractivity contribution in [3.8, 4) is 11.5 Å². The second-order valence-corrected chi connectivity index (χ2v) is 7.86. The Labute approximate surface area is 179 Å². The molecule has 0 radical (unpaired) electrons. The summed E-state index contributed by atoms with van der Waals surface area (Å²) < 4.78 is 11.0. The topological polar surface area (TPSA) is 67.9 Å². The molecule has 1 aliphatic heterocycles. The van der Waals surface area contributed by atoms with Gasteiger partial charge in [-0.15, -0.1) is 11.8 Å². The fraction of sp³-hybridized carbons (Fsp3) is 0.333. The molecule has 0 fully saturated rings. The number of nitrogens with one attached hydrogen (secondary N) is 1. The number of carbonyl (C=O) groups is 2. The van der Waals surface area contributed by atoms with Crippen molar-refractivity contribution in [2.45, 2.75) is 12.7 Å². The van der Waals surface area contributed by atoms with E-state index in [0.717, 1.165) is 5.56 Å². The van der Waals surface area contributed by atoms with Crippen LogP contribution >= 0.6 is 23.4 Å². The van der Waals surface area contributed by atoms with E-state index in [-0.39, 0.29) is 18.4 Å². The molecule has 0 bridgehead atoms. The van der Waals surface area contributed by atoms with Crippen LogP contribution in [0.3, 0.4) is 0 Å². The van der Waals surface area contributed by atoms with E-state index in [4.69, 9.17) is 21.1 Å². The number of benzene rings is 2. The average molecular weight is 435 g/mol. The van der Waals surface area contributed by atoms with Crippen molar-refractivity contribution in [3.05, 3.63) is 53.1 Å². The maximum absolute atomic E-state index is 12.5. The molecule has 2 aromatic carbocycles. The molecule has 0 atom stereocenters. The van der Waals surface area contributed by atoms with E-state index in [9.17, 15) is 9.59 Å². The molecule has 6 nitrogen and oxygen atoms in total. The van der Waals surface area contributed by atoms with E-state index in [1.54, 1.807) is 23.1 Å². The summed E-state index contributed by atoms with van der Waals surface area (Å²) in [4.78, 5) is 26.4. The molecule has 0 spiro atoms. The number of likely N-dealkylation sites (N-methyl/N-ethyl adjacent to an activating group) is 1. The van der Waals surface area contributed by atoms with Crippen molar-refractivity contribution < 1.29 is 19.1 Å². The number of nitrogens with zero attached hydrogens (tertiary/aromatic N) is 1. The first-order valence-corrected chi connectivity index (χ1v) is 10.9. The Bertz CT molecular complexity index is 878. The Morgan fingerprint density at radius 3 is 2.69 bits per heavy atom. The number of carbonyl (C=O) groups excluding carboxylic acids is 2. The summed E-state index contributed by atoms with van der Waals surface area (Å²) in [6, 6.07) is 12.8. The van der Waals surface area contributed by atoms with Crippen LogP contribution in [0.1, 0.15) is 12.5 Å². The van der Waals surface area contributed by atoms with Crippen LogP contribution in [0.15, 0.2) is 42.5 Å². The van der Waals surface area contributed by atoms with Gasteiger partial charge in [0.15, 0.2) is 11.5 Å². The summed E-state index contributed by atoms with van der Waals surface area (Å²) in [5, 5.41) is 3.49. The van der Waals surface area contributed by atoms with Crippen molar-refractivity contribution in [1.82, 2.24) is 4.90 Å². The van der Waals surface area contributed by atoms with E-state index in [0.29, 0.717) is 53.5 Å². The maximum atomic E-state index is 12.5. The summed E-state index contributed by atoms with van der Waals surface area (Å²) in [5.41, 5.74) is 1.67. The average Bonchev–Trinajstić information content (AvgIpc) is 2.72. The highest BCUT2D eigenvalue weighted by Gasteiger charge is 2.17. The number of thioether (sulfide) groups is 1. The summed E-state index contributed by atoms with van der Waals surface area (Å²) >= 11 is 7.48. The molecule has 2 aromatic rings. The Morgan fingerprint density at radius 2 is 1.93 bits per heavy atom. The van der Waals surface area contributed by atoms with Gasteiger partial charge in [-0.2, -0.15) is 0 Å².